The van der Waals surface area contributed by atoms with Crippen molar-refractivity contribution < 1.29 is 223 Å². The molecule has 0 spiro atoms. The van der Waals surface area contributed by atoms with E-state index in [9.17, 15) is 143 Å². The number of carbonyl (C=O) groups is 1. The minimum Gasteiger partial charge on any atom is -0.507 e. The lowest BCUT2D eigenvalue weighted by Gasteiger charge is -2.46. The zero-order chi connectivity index (χ0) is 89.2. The van der Waals surface area contributed by atoms with E-state index >= 15 is 0 Å². The summed E-state index contributed by atoms with van der Waals surface area (Å²) in [4.78, 5) is 13.3. The molecule has 7 aromatic rings. The van der Waals surface area contributed by atoms with E-state index in [2.05, 4.69) is 0 Å². The topological polar surface area (TPSA) is 724 Å². The van der Waals surface area contributed by atoms with Crippen molar-refractivity contribution in [3.8, 4) is 97.4 Å². The molecule has 8 heterocycles. The molecule has 6 saturated heterocycles. The summed E-state index contributed by atoms with van der Waals surface area (Å²) in [6.07, 6.45) is -48.8. The fourth-order valence-electron chi connectivity index (χ4n) is 14.2. The molecule has 123 heavy (non-hydrogen) atoms. The van der Waals surface area contributed by atoms with Crippen LogP contribution in [0.15, 0.2) is 99.8 Å². The molecular formula is C78H94O45+2. The first kappa shape index (κ1) is 92.6. The Morgan fingerprint density at radius 2 is 0.707 bits per heavy atom. The Kier molecular flexibility index (Phi) is 29.6. The van der Waals surface area contributed by atoms with Gasteiger partial charge in [0, 0.05) is 48.4 Å². The number of hydrogen-bond donors (Lipinski definition) is 27. The number of rotatable bonds is 25. The van der Waals surface area contributed by atoms with E-state index in [1.54, 1.807) is 0 Å². The van der Waals surface area contributed by atoms with Crippen LogP contribution in [0.2, 0.25) is 0 Å². The molecule has 5 aromatic carbocycles. The molecule has 0 amide bonds. The van der Waals surface area contributed by atoms with Gasteiger partial charge in [-0.1, -0.05) is 6.92 Å². The highest BCUT2D eigenvalue weighted by atomic mass is 16.8. The van der Waals surface area contributed by atoms with Gasteiger partial charge in [-0.15, -0.1) is 0 Å². The zero-order valence-electron chi connectivity index (χ0n) is 64.7. The number of methoxy groups -OCH3 is 2. The summed E-state index contributed by atoms with van der Waals surface area (Å²) >= 11 is 0. The summed E-state index contributed by atoms with van der Waals surface area (Å²) in [5.74, 6) is -7.25. The van der Waals surface area contributed by atoms with Crippen LogP contribution in [0.1, 0.15) is 12.5 Å². The summed E-state index contributed by atoms with van der Waals surface area (Å²) in [6, 6.07) is 16.5. The maximum atomic E-state index is 13.3. The normalized spacial score (nSPS) is 34.1. The van der Waals surface area contributed by atoms with Crippen molar-refractivity contribution in [1.29, 1.82) is 0 Å². The Labute approximate surface area is 693 Å². The number of hydrogen-bond acceptors (Lipinski definition) is 43. The van der Waals surface area contributed by atoms with Gasteiger partial charge in [0.1, 0.15) is 144 Å². The Morgan fingerprint density at radius 1 is 0.358 bits per heavy atom. The van der Waals surface area contributed by atoms with E-state index in [-0.39, 0.29) is 84.6 Å². The van der Waals surface area contributed by atoms with Crippen LogP contribution in [-0.2, 0) is 47.4 Å². The van der Waals surface area contributed by atoms with E-state index in [0.717, 1.165) is 54.6 Å². The molecule has 45 nitrogen and oxygen atoms in total. The first-order valence-corrected chi connectivity index (χ1v) is 37.8. The summed E-state index contributed by atoms with van der Waals surface area (Å²) in [5.41, 5.74) is 0.00271. The van der Waals surface area contributed by atoms with Crippen molar-refractivity contribution in [1.82, 2.24) is 0 Å². The molecule has 13 rings (SSSR count). The third-order valence-electron chi connectivity index (χ3n) is 21.2. The van der Waals surface area contributed by atoms with Crippen LogP contribution in [0.5, 0.6) is 74.7 Å². The SMILES string of the molecule is COc1cc(/C=C/C(=O)O[C@H]2[C@H](O[C@H]3[C@H](Oc4cc5c(O[C@@H]6O[C@H](CO)[C@@H](O)[C@H](O)[C@H]6O)cc(O)cc5[o+]c4-c4ccc(O)c(O)c4)O[C@H](CO)[C@@H](O)[C@@H]3O)O[C@H](CO)[C@@H](O)[C@@H]2O)cc(OC)c1O.C[C@H]1[C@H](O)[C@@H](O)[C@H](O[C@H]2[C@H](Oc3cc4c(O[C@@H]5O[C@H](CO)[C@@H](O)[C@H](O)[C@H]5O)cc(O)cc4[o+]c3-c3ccc(O)c(O)c3)O[C@H](CO)[C@@H](O)[C@@H]2O)O[C@@H]1CO. The second-order valence-corrected chi connectivity index (χ2v) is 29.3. The van der Waals surface area contributed by atoms with Crippen molar-refractivity contribution >= 4 is 34.0 Å². The minimum atomic E-state index is -2.09. The standard InChI is InChI=1S/C44H50O25.C34H42O20/c1-60-24-7-16(8-25(61-2)31(24)52)3-6-30(51)68-40-36(57)33(54)29(15-47)67-44(40)69-41-37(58)34(55)28(14-46)66-43(41)64-26-12-19-22(62-39(26)17-4-5-20(49)21(50)9-17)10-18(48)11-23(19)63-42-38(59)35(56)32(53)27(13-45)65-42;1-11-20(8-35)51-33(28(46)23(11)41)54-31-27(45)25(43)22(10-37)53-34(31)50-19-7-14-17(48-30(19)12-2-3-15(39)16(40)4-12)5-13(38)6-18(14)49-32-29(47)26(44)24(42)21(9-36)52-32/h3-12,27-29,32-38,40-47,53-59H,13-15H2,1-2H3,(H3-,48,49,50,51,52);2-7,11,20-29,31-37,41-47H,8-10H2,1H3,(H2-,38,39,40)/p+2/t27-,28-,29-,32-,33-,34-,35+,36+,37+,38-,40-,41-,42-,43-,44+;11-,20-,21-,22-,23+,24-,25-,26+,27+,28-,29-,31-,32-,33+,34-/m11/s1. The fraction of sp³-hybridized carbons (Fsp3) is 0.500. The molecular weight excluding hydrogens is 1660 g/mol. The van der Waals surface area contributed by atoms with Crippen molar-refractivity contribution in [2.75, 3.05) is 53.9 Å². The predicted octanol–water partition coefficient (Wildman–Crippen LogP) is -5.38. The lowest BCUT2D eigenvalue weighted by molar-refractivity contribution is -0.358. The van der Waals surface area contributed by atoms with E-state index in [4.69, 9.17) is 79.9 Å². The summed E-state index contributed by atoms with van der Waals surface area (Å²) in [7, 11) is 2.56. The molecule has 0 radical (unpaired) electrons. The quantitative estimate of drug-likeness (QED) is 0.0110. The van der Waals surface area contributed by atoms with Gasteiger partial charge in [0.25, 0.3) is 0 Å². The van der Waals surface area contributed by atoms with Gasteiger partial charge in [-0.05, 0) is 48.0 Å². The van der Waals surface area contributed by atoms with Crippen LogP contribution in [0.25, 0.3) is 50.7 Å². The lowest BCUT2D eigenvalue weighted by Crippen LogP contribution is -2.65. The Morgan fingerprint density at radius 3 is 1.10 bits per heavy atom. The third-order valence-corrected chi connectivity index (χ3v) is 21.2. The number of ether oxygens (including phenoxy) is 15. The van der Waals surface area contributed by atoms with E-state index in [0.29, 0.717) is 0 Å². The van der Waals surface area contributed by atoms with Crippen molar-refractivity contribution in [2.45, 2.75) is 185 Å². The smallest absolute Gasteiger partial charge is 0.402 e. The number of esters is 1. The van der Waals surface area contributed by atoms with Gasteiger partial charge in [-0.3, -0.25) is 0 Å². The van der Waals surface area contributed by atoms with E-state index in [1.807, 2.05) is 0 Å². The first-order chi connectivity index (χ1) is 58.6. The molecule has 6 aliphatic heterocycles. The molecule has 674 valence electrons. The van der Waals surface area contributed by atoms with Crippen LogP contribution >= 0.6 is 0 Å². The van der Waals surface area contributed by atoms with Crippen LogP contribution in [-0.4, -0.2) is 376 Å². The number of benzene rings is 5. The second-order valence-electron chi connectivity index (χ2n) is 29.3. The van der Waals surface area contributed by atoms with Crippen molar-refractivity contribution in [3.05, 3.63) is 96.6 Å². The number of aromatic hydroxyl groups is 7. The Balaban J connectivity index is 0.000000231. The highest BCUT2D eigenvalue weighted by Gasteiger charge is 2.56. The van der Waals surface area contributed by atoms with Gasteiger partial charge in [0.2, 0.25) is 42.4 Å². The molecule has 0 bridgehead atoms. The largest absolute Gasteiger partial charge is 0.507 e. The fourth-order valence-corrected chi connectivity index (χ4v) is 14.2. The maximum absolute atomic E-state index is 13.3. The molecule has 30 atom stereocenters. The van der Waals surface area contributed by atoms with Crippen molar-refractivity contribution in [2.24, 2.45) is 5.92 Å². The van der Waals surface area contributed by atoms with Gasteiger partial charge in [-0.25, -0.2) is 13.6 Å². The molecule has 45 heteroatoms. The maximum Gasteiger partial charge on any atom is 0.402 e. The average molecular weight is 1750 g/mol. The van der Waals surface area contributed by atoms with Crippen molar-refractivity contribution in [3.63, 3.8) is 0 Å². The molecule has 0 aliphatic carbocycles. The number of phenolic OH excluding ortho intramolecular Hbond substituents is 7. The third kappa shape index (κ3) is 19.5. The van der Waals surface area contributed by atoms with E-state index < -0.39 is 270 Å². The van der Waals surface area contributed by atoms with Crippen LogP contribution < -0.4 is 28.4 Å². The lowest BCUT2D eigenvalue weighted by atomic mass is 9.91. The summed E-state index contributed by atoms with van der Waals surface area (Å²) < 4.78 is 98.2. The van der Waals surface area contributed by atoms with Crippen LogP contribution in [0.4, 0.5) is 0 Å². The van der Waals surface area contributed by atoms with Gasteiger partial charge in [0.15, 0.2) is 65.4 Å². The molecule has 2 aromatic heterocycles. The number of phenols is 7. The van der Waals surface area contributed by atoms with Crippen LogP contribution in [0, 0.1) is 5.92 Å². The molecule has 6 aliphatic rings. The molecule has 27 N–H and O–H groups in total. The number of fused-ring (bicyclic) bond motifs is 2. The highest BCUT2D eigenvalue weighted by Crippen LogP contribution is 2.48. The van der Waals surface area contributed by atoms with Crippen LogP contribution in [0.3, 0.4) is 0 Å². The van der Waals surface area contributed by atoms with Gasteiger partial charge in [-0.2, -0.15) is 0 Å². The van der Waals surface area contributed by atoms with E-state index in [1.165, 1.54) is 63.6 Å². The average Bonchev–Trinajstić information content (AvgIpc) is 0.761. The van der Waals surface area contributed by atoms with Gasteiger partial charge >= 0.3 is 28.7 Å². The number of carbonyl (C=O) groups excluding carboxylic acids is 1. The molecule has 0 unspecified atom stereocenters. The zero-order valence-corrected chi connectivity index (χ0v) is 64.7. The summed E-state index contributed by atoms with van der Waals surface area (Å²) in [6.45, 7) is -3.30. The molecule has 0 saturated carbocycles. The Bertz CT molecular complexity index is 4780. The first-order valence-electron chi connectivity index (χ1n) is 37.8. The number of aliphatic hydroxyl groups excluding tert-OH is 20. The van der Waals surface area contributed by atoms with Gasteiger partial charge in [0.05, 0.1) is 89.3 Å². The second kappa shape index (κ2) is 39.3. The highest BCUT2D eigenvalue weighted by molar-refractivity contribution is 5.91. The molecule has 6 fully saturated rings. The predicted molar refractivity (Wildman–Crippen MR) is 402 cm³/mol. The van der Waals surface area contributed by atoms with Gasteiger partial charge < -0.3 is 209 Å². The number of aliphatic hydroxyl groups is 20. The Hall–Kier alpha value is -9.59. The minimum absolute atomic E-state index is 0.00685. The monoisotopic (exact) mass is 1750 g/mol. The summed E-state index contributed by atoms with van der Waals surface area (Å²) in [5, 5.41) is 283.